The van der Waals surface area contributed by atoms with Gasteiger partial charge >= 0.3 is 24.0 Å². The number of anilines is 1. The minimum atomic E-state index is -5.88. The lowest BCUT2D eigenvalue weighted by molar-refractivity contribution is -0.544. The highest BCUT2D eigenvalue weighted by atomic mass is 19.4. The first-order valence-electron chi connectivity index (χ1n) is 9.07. The molecule has 2 aromatic carbocycles. The largest absolute Gasteiger partial charge is 0.433 e. The fraction of sp³-hybridized carbons (Fsp3) is 0.111. The number of carbonyl (C=O) groups excluding carboxylic acids is 1. The first kappa shape index (κ1) is 25.8. The summed E-state index contributed by atoms with van der Waals surface area (Å²) < 4.78 is 100. The molecule has 0 saturated heterocycles. The molecule has 1 unspecified atom stereocenters. The molecule has 1 aromatic heterocycles. The Morgan fingerprint density at radius 2 is 1.56 bits per heavy atom. The highest BCUT2D eigenvalue weighted by molar-refractivity contribution is 5.94. The third-order valence-electron chi connectivity index (χ3n) is 4.33. The SMILES string of the molecule is O=C(Nc1c([N+](=O)[O-])cnn1-c1c(F)c(F)c(C(F)(F)F)c(F)c1F)C(Oc1ccccc1)[N+](=O)[O-]. The third kappa shape index (κ3) is 4.72. The van der Waals surface area contributed by atoms with Crippen molar-refractivity contribution in [1.82, 2.24) is 9.78 Å². The van der Waals surface area contributed by atoms with Gasteiger partial charge in [0.05, 0.1) is 9.85 Å². The van der Waals surface area contributed by atoms with Crippen molar-refractivity contribution in [2.45, 2.75) is 12.4 Å². The van der Waals surface area contributed by atoms with Gasteiger partial charge in [-0.15, -0.1) is 0 Å². The predicted molar refractivity (Wildman–Crippen MR) is 102 cm³/mol. The van der Waals surface area contributed by atoms with Crippen molar-refractivity contribution in [3.05, 3.63) is 85.6 Å². The quantitative estimate of drug-likeness (QED) is 0.162. The zero-order chi connectivity index (χ0) is 26.9. The molecule has 0 spiro atoms. The number of nitrogens with zero attached hydrogens (tertiary/aromatic N) is 4. The fourth-order valence-corrected chi connectivity index (χ4v) is 2.81. The molecule has 3 rings (SSSR count). The van der Waals surface area contributed by atoms with Gasteiger partial charge in [0.25, 0.3) is 0 Å². The lowest BCUT2D eigenvalue weighted by Gasteiger charge is -2.16. The van der Waals surface area contributed by atoms with Crippen LogP contribution >= 0.6 is 0 Å². The molecule has 0 aliphatic rings. The molecule has 3 aromatic rings. The predicted octanol–water partition coefficient (Wildman–Crippen LogP) is 3.98. The van der Waals surface area contributed by atoms with E-state index in [1.165, 1.54) is 35.6 Å². The first-order chi connectivity index (χ1) is 16.8. The zero-order valence-corrected chi connectivity index (χ0v) is 16.9. The number of nitrogens with one attached hydrogen (secondary N) is 1. The standard InChI is InChI=1S/C18H8F7N5O6/c19-10-9(18(23,24)25)11(20)13(22)14(12(10)21)28-15(8(6-26-28)29(32)33)27-16(31)17(30(34)35)36-7-4-2-1-3-5-7/h1-6,17H,(H,27,31). The maximum Gasteiger partial charge on any atom is 0.433 e. The second kappa shape index (κ2) is 9.47. The number of ether oxygens (including phenoxy) is 1. The Balaban J connectivity index is 2.14. The average Bonchev–Trinajstić information content (AvgIpc) is 3.19. The summed E-state index contributed by atoms with van der Waals surface area (Å²) in [5.74, 6) is -14.6. The summed E-state index contributed by atoms with van der Waals surface area (Å²) >= 11 is 0. The summed E-state index contributed by atoms with van der Waals surface area (Å²) in [6.07, 6.45) is -8.29. The highest BCUT2D eigenvalue weighted by Crippen LogP contribution is 2.39. The van der Waals surface area contributed by atoms with Crippen LogP contribution in [0.5, 0.6) is 5.75 Å². The van der Waals surface area contributed by atoms with E-state index >= 15 is 0 Å². The van der Waals surface area contributed by atoms with E-state index < -0.39 is 74.2 Å². The monoisotopic (exact) mass is 523 g/mol. The van der Waals surface area contributed by atoms with Crippen LogP contribution in [0.25, 0.3) is 5.69 Å². The molecule has 18 heteroatoms. The maximum absolute atomic E-state index is 14.5. The molecule has 11 nitrogen and oxygen atoms in total. The molecule has 1 amide bonds. The van der Waals surface area contributed by atoms with Crippen molar-refractivity contribution in [2.75, 3.05) is 5.32 Å². The Bertz CT molecular complexity index is 1330. The number of carbonyl (C=O) groups is 1. The van der Waals surface area contributed by atoms with Gasteiger partial charge < -0.3 is 4.74 Å². The van der Waals surface area contributed by atoms with E-state index in [4.69, 9.17) is 4.74 Å². The van der Waals surface area contributed by atoms with E-state index in [-0.39, 0.29) is 16.6 Å². The summed E-state index contributed by atoms with van der Waals surface area (Å²) in [6, 6.07) is 6.60. The number of amides is 1. The summed E-state index contributed by atoms with van der Waals surface area (Å²) in [6.45, 7) is 0. The summed E-state index contributed by atoms with van der Waals surface area (Å²) in [4.78, 5) is 32.5. The van der Waals surface area contributed by atoms with Crippen LogP contribution in [0.3, 0.4) is 0 Å². The normalized spacial score (nSPS) is 12.2. The van der Waals surface area contributed by atoms with E-state index in [2.05, 4.69) is 5.10 Å². The number of alkyl halides is 3. The smallest absolute Gasteiger partial charge is 0.423 e. The molecule has 0 bridgehead atoms. The van der Waals surface area contributed by atoms with Crippen molar-refractivity contribution in [3.63, 3.8) is 0 Å². The van der Waals surface area contributed by atoms with Gasteiger partial charge in [-0.05, 0) is 12.1 Å². The Labute approximate surface area is 193 Å². The second-order valence-corrected chi connectivity index (χ2v) is 6.58. The summed E-state index contributed by atoms with van der Waals surface area (Å²) in [5, 5.41) is 27.2. The van der Waals surface area contributed by atoms with Crippen LogP contribution in [-0.4, -0.2) is 31.8 Å². The molecule has 0 saturated carbocycles. The van der Waals surface area contributed by atoms with E-state index in [1.54, 1.807) is 0 Å². The number of benzene rings is 2. The summed E-state index contributed by atoms with van der Waals surface area (Å²) in [7, 11) is 0. The molecule has 0 radical (unpaired) electrons. The van der Waals surface area contributed by atoms with Crippen LogP contribution in [0.15, 0.2) is 36.5 Å². The van der Waals surface area contributed by atoms with Gasteiger partial charge in [0.1, 0.15) is 23.2 Å². The van der Waals surface area contributed by atoms with Crippen molar-refractivity contribution in [3.8, 4) is 11.4 Å². The Morgan fingerprint density at radius 3 is 2.03 bits per heavy atom. The Morgan fingerprint density at radius 1 is 1.00 bits per heavy atom. The topological polar surface area (TPSA) is 142 Å². The van der Waals surface area contributed by atoms with Crippen LogP contribution in [-0.2, 0) is 11.0 Å². The van der Waals surface area contributed by atoms with Crippen molar-refractivity contribution in [1.29, 1.82) is 0 Å². The van der Waals surface area contributed by atoms with Crippen molar-refractivity contribution >= 4 is 17.4 Å². The lowest BCUT2D eigenvalue weighted by atomic mass is 10.1. The number of para-hydroxylation sites is 1. The van der Waals surface area contributed by atoms with Gasteiger partial charge in [-0.2, -0.15) is 18.3 Å². The van der Waals surface area contributed by atoms with Gasteiger partial charge in [0.2, 0.25) is 5.82 Å². The van der Waals surface area contributed by atoms with Crippen LogP contribution in [0.1, 0.15) is 5.56 Å². The van der Waals surface area contributed by atoms with Crippen molar-refractivity contribution in [2.24, 2.45) is 0 Å². The molecular formula is C18H8F7N5O6. The fourth-order valence-electron chi connectivity index (χ4n) is 2.81. The number of hydrogen-bond acceptors (Lipinski definition) is 7. The molecule has 0 aliphatic carbocycles. The van der Waals surface area contributed by atoms with E-state index in [1.807, 2.05) is 0 Å². The highest BCUT2D eigenvalue weighted by Gasteiger charge is 2.44. The second-order valence-electron chi connectivity index (χ2n) is 6.58. The van der Waals surface area contributed by atoms with E-state index in [0.717, 1.165) is 0 Å². The first-order valence-corrected chi connectivity index (χ1v) is 9.07. The average molecular weight is 523 g/mol. The number of nitro groups is 2. The lowest BCUT2D eigenvalue weighted by Crippen LogP contribution is -2.40. The van der Waals surface area contributed by atoms with Crippen LogP contribution < -0.4 is 10.1 Å². The number of hydrogen-bond donors (Lipinski definition) is 1. The minimum absolute atomic E-state index is 0.210. The number of rotatable bonds is 7. The molecule has 1 heterocycles. The molecular weight excluding hydrogens is 515 g/mol. The Kier molecular flexibility index (Phi) is 6.80. The zero-order valence-electron chi connectivity index (χ0n) is 16.9. The minimum Gasteiger partial charge on any atom is -0.423 e. The van der Waals surface area contributed by atoms with Gasteiger partial charge in [-0.1, -0.05) is 18.2 Å². The van der Waals surface area contributed by atoms with Gasteiger partial charge in [-0.25, -0.2) is 22.2 Å². The number of aromatic nitrogens is 2. The van der Waals surface area contributed by atoms with Crippen molar-refractivity contribution < 1.29 is 50.1 Å². The number of halogens is 7. The van der Waals surface area contributed by atoms with E-state index in [9.17, 15) is 55.8 Å². The van der Waals surface area contributed by atoms with Gasteiger partial charge in [-0.3, -0.25) is 30.3 Å². The van der Waals surface area contributed by atoms with Gasteiger partial charge in [0.15, 0.2) is 23.3 Å². The summed E-state index contributed by atoms with van der Waals surface area (Å²) in [5.41, 5.74) is -6.26. The maximum atomic E-state index is 14.5. The molecule has 0 fully saturated rings. The molecule has 36 heavy (non-hydrogen) atoms. The van der Waals surface area contributed by atoms with Crippen LogP contribution in [0, 0.1) is 43.5 Å². The van der Waals surface area contributed by atoms with Gasteiger partial charge in [0, 0.05) is 0 Å². The Hall–Kier alpha value is -4.77. The van der Waals surface area contributed by atoms with E-state index in [0.29, 0.717) is 0 Å². The molecule has 1 N–H and O–H groups in total. The molecule has 190 valence electrons. The van der Waals surface area contributed by atoms with Crippen LogP contribution in [0.4, 0.5) is 42.2 Å². The third-order valence-corrected chi connectivity index (χ3v) is 4.33. The molecule has 0 aliphatic heterocycles. The molecule has 1 atom stereocenters. The van der Waals surface area contributed by atoms with Crippen LogP contribution in [0.2, 0.25) is 0 Å².